The molecule has 1 unspecified atom stereocenters. The van der Waals surface area contributed by atoms with E-state index in [1.54, 1.807) is 35.6 Å². The number of urea groups is 1. The van der Waals surface area contributed by atoms with E-state index in [1.807, 2.05) is 40.6 Å². The predicted octanol–water partition coefficient (Wildman–Crippen LogP) is 5.79. The van der Waals surface area contributed by atoms with Crippen molar-refractivity contribution in [2.75, 3.05) is 25.0 Å². The van der Waals surface area contributed by atoms with Crippen LogP contribution in [0.5, 0.6) is 0 Å². The van der Waals surface area contributed by atoms with Crippen LogP contribution in [0, 0.1) is 0 Å². The van der Waals surface area contributed by atoms with Crippen LogP contribution in [0.1, 0.15) is 39.6 Å². The SMILES string of the molecule is O=C(NCCc1cccs1)c1cccc(C2CCCN(C(=O)Nc3ccc(Cl)cc3)C2)c1. The Balaban J connectivity index is 1.35. The maximum absolute atomic E-state index is 12.7. The van der Waals surface area contributed by atoms with Crippen LogP contribution in [0.3, 0.4) is 0 Å². The molecule has 1 aromatic heterocycles. The Morgan fingerprint density at radius 3 is 2.72 bits per heavy atom. The average Bonchev–Trinajstić information content (AvgIpc) is 3.34. The number of nitrogens with one attached hydrogen (secondary N) is 2. The van der Waals surface area contributed by atoms with Gasteiger partial charge in [0.2, 0.25) is 0 Å². The van der Waals surface area contributed by atoms with Gasteiger partial charge in [0.15, 0.2) is 0 Å². The molecule has 1 aliphatic heterocycles. The Hall–Kier alpha value is -2.83. The molecule has 2 aromatic carbocycles. The molecule has 166 valence electrons. The number of rotatable bonds is 6. The Kier molecular flexibility index (Phi) is 7.45. The van der Waals surface area contributed by atoms with Crippen molar-refractivity contribution in [3.8, 4) is 0 Å². The molecule has 0 aliphatic carbocycles. The Morgan fingerprint density at radius 1 is 1.09 bits per heavy atom. The van der Waals surface area contributed by atoms with Crippen molar-refractivity contribution in [2.24, 2.45) is 0 Å². The number of piperidine rings is 1. The molecule has 2 N–H and O–H groups in total. The smallest absolute Gasteiger partial charge is 0.321 e. The molecule has 3 amide bonds. The Labute approximate surface area is 197 Å². The molecule has 0 bridgehead atoms. The molecule has 0 spiro atoms. The largest absolute Gasteiger partial charge is 0.352 e. The second-order valence-electron chi connectivity index (χ2n) is 7.93. The lowest BCUT2D eigenvalue weighted by Gasteiger charge is -2.33. The van der Waals surface area contributed by atoms with E-state index in [9.17, 15) is 9.59 Å². The lowest BCUT2D eigenvalue weighted by molar-refractivity contribution is 0.0954. The molecular weight excluding hydrogens is 442 g/mol. The molecule has 4 rings (SSSR count). The van der Waals surface area contributed by atoms with Crippen LogP contribution in [0.15, 0.2) is 66.0 Å². The summed E-state index contributed by atoms with van der Waals surface area (Å²) >= 11 is 7.62. The Morgan fingerprint density at radius 2 is 1.94 bits per heavy atom. The fourth-order valence-corrected chi connectivity index (χ4v) is 4.79. The van der Waals surface area contributed by atoms with E-state index < -0.39 is 0 Å². The Bertz CT molecular complexity index is 1050. The molecular formula is C25H26ClN3O2S. The van der Waals surface area contributed by atoms with Crippen LogP contribution < -0.4 is 10.6 Å². The second kappa shape index (κ2) is 10.7. The third kappa shape index (κ3) is 5.90. The molecule has 2 heterocycles. The summed E-state index contributed by atoms with van der Waals surface area (Å²) in [5.41, 5.74) is 2.49. The van der Waals surface area contributed by atoms with Crippen molar-refractivity contribution < 1.29 is 9.59 Å². The van der Waals surface area contributed by atoms with Crippen molar-refractivity contribution in [1.29, 1.82) is 0 Å². The average molecular weight is 468 g/mol. The van der Waals surface area contributed by atoms with Crippen molar-refractivity contribution in [1.82, 2.24) is 10.2 Å². The van der Waals surface area contributed by atoms with Gasteiger partial charge in [-0.05, 0) is 72.7 Å². The molecule has 0 saturated carbocycles. The van der Waals surface area contributed by atoms with Gasteiger partial charge < -0.3 is 15.5 Å². The monoisotopic (exact) mass is 467 g/mol. The zero-order chi connectivity index (χ0) is 22.3. The number of likely N-dealkylation sites (tertiary alicyclic amines) is 1. The number of nitrogens with zero attached hydrogens (tertiary/aromatic N) is 1. The van der Waals surface area contributed by atoms with Gasteiger partial charge in [0.1, 0.15) is 0 Å². The van der Waals surface area contributed by atoms with E-state index in [-0.39, 0.29) is 17.9 Å². The molecule has 1 fully saturated rings. The van der Waals surface area contributed by atoms with Crippen LogP contribution in [0.2, 0.25) is 5.02 Å². The number of halogens is 1. The van der Waals surface area contributed by atoms with Gasteiger partial charge in [-0.3, -0.25) is 4.79 Å². The normalized spacial score (nSPS) is 15.9. The quantitative estimate of drug-likeness (QED) is 0.482. The number of hydrogen-bond acceptors (Lipinski definition) is 3. The van der Waals surface area contributed by atoms with Gasteiger partial charge in [-0.25, -0.2) is 4.79 Å². The van der Waals surface area contributed by atoms with Gasteiger partial charge in [-0.2, -0.15) is 0 Å². The zero-order valence-electron chi connectivity index (χ0n) is 17.7. The highest BCUT2D eigenvalue weighted by Gasteiger charge is 2.25. The van der Waals surface area contributed by atoms with E-state index in [0.29, 0.717) is 23.7 Å². The van der Waals surface area contributed by atoms with Crippen LogP contribution in [0.4, 0.5) is 10.5 Å². The zero-order valence-corrected chi connectivity index (χ0v) is 19.3. The van der Waals surface area contributed by atoms with Gasteiger partial charge in [0, 0.05) is 46.7 Å². The third-order valence-electron chi connectivity index (χ3n) is 5.66. The number of anilines is 1. The fourth-order valence-electron chi connectivity index (χ4n) is 3.96. The highest BCUT2D eigenvalue weighted by Crippen LogP contribution is 2.28. The molecule has 3 aromatic rings. The minimum atomic E-state index is -0.112. The van der Waals surface area contributed by atoms with E-state index in [0.717, 1.165) is 37.1 Å². The third-order valence-corrected chi connectivity index (χ3v) is 6.85. The highest BCUT2D eigenvalue weighted by atomic mass is 35.5. The van der Waals surface area contributed by atoms with E-state index in [2.05, 4.69) is 16.7 Å². The minimum Gasteiger partial charge on any atom is -0.352 e. The summed E-state index contributed by atoms with van der Waals surface area (Å²) in [6.45, 7) is 1.97. The summed E-state index contributed by atoms with van der Waals surface area (Å²) in [6, 6.07) is 18.9. The van der Waals surface area contributed by atoms with Crippen molar-refractivity contribution in [2.45, 2.75) is 25.2 Å². The first-order valence-electron chi connectivity index (χ1n) is 10.8. The van der Waals surface area contributed by atoms with Crippen LogP contribution >= 0.6 is 22.9 Å². The molecule has 1 aliphatic rings. The fraction of sp³-hybridized carbons (Fsp3) is 0.280. The first-order valence-corrected chi connectivity index (χ1v) is 12.1. The van der Waals surface area contributed by atoms with Gasteiger partial charge in [-0.1, -0.05) is 29.8 Å². The summed E-state index contributed by atoms with van der Waals surface area (Å²) in [4.78, 5) is 28.5. The molecule has 7 heteroatoms. The van der Waals surface area contributed by atoms with Gasteiger partial charge in [0.25, 0.3) is 5.91 Å². The number of hydrogen-bond donors (Lipinski definition) is 2. The highest BCUT2D eigenvalue weighted by molar-refractivity contribution is 7.09. The molecule has 1 atom stereocenters. The van der Waals surface area contributed by atoms with Crippen molar-refractivity contribution in [3.63, 3.8) is 0 Å². The van der Waals surface area contributed by atoms with Crippen LogP contribution in [0.25, 0.3) is 0 Å². The van der Waals surface area contributed by atoms with E-state index in [4.69, 9.17) is 11.6 Å². The summed E-state index contributed by atoms with van der Waals surface area (Å²) in [7, 11) is 0. The van der Waals surface area contributed by atoms with Crippen LogP contribution in [-0.2, 0) is 6.42 Å². The maximum atomic E-state index is 12.7. The standard InChI is InChI=1S/C25H26ClN3O2S/c26-21-8-10-22(11-9-21)28-25(31)29-14-2-6-20(17-29)18-4-1-5-19(16-18)24(30)27-13-12-23-7-3-15-32-23/h1,3-5,7-11,15-16,20H,2,6,12-14,17H2,(H,27,30)(H,28,31). The van der Waals surface area contributed by atoms with Gasteiger partial charge in [-0.15, -0.1) is 11.3 Å². The van der Waals surface area contributed by atoms with Crippen LogP contribution in [-0.4, -0.2) is 36.5 Å². The lowest BCUT2D eigenvalue weighted by atomic mass is 9.89. The molecule has 1 saturated heterocycles. The minimum absolute atomic E-state index is 0.0587. The molecule has 5 nitrogen and oxygen atoms in total. The molecule has 32 heavy (non-hydrogen) atoms. The maximum Gasteiger partial charge on any atom is 0.321 e. The second-order valence-corrected chi connectivity index (χ2v) is 9.40. The first kappa shape index (κ1) is 22.4. The summed E-state index contributed by atoms with van der Waals surface area (Å²) < 4.78 is 0. The topological polar surface area (TPSA) is 61.4 Å². The number of carbonyl (C=O) groups is 2. The van der Waals surface area contributed by atoms with E-state index >= 15 is 0 Å². The number of amides is 3. The number of benzene rings is 2. The summed E-state index contributed by atoms with van der Waals surface area (Å²) in [6.07, 6.45) is 2.76. The van der Waals surface area contributed by atoms with E-state index in [1.165, 1.54) is 4.88 Å². The number of thiophene rings is 1. The first-order chi connectivity index (χ1) is 15.6. The lowest BCUT2D eigenvalue weighted by Crippen LogP contribution is -2.41. The number of carbonyl (C=O) groups excluding carboxylic acids is 2. The predicted molar refractivity (Wildman–Crippen MR) is 131 cm³/mol. The van der Waals surface area contributed by atoms with Gasteiger partial charge in [0.05, 0.1) is 0 Å². The molecule has 0 radical (unpaired) electrons. The van der Waals surface area contributed by atoms with Gasteiger partial charge >= 0.3 is 6.03 Å². The van der Waals surface area contributed by atoms with Crippen molar-refractivity contribution >= 4 is 40.6 Å². The van der Waals surface area contributed by atoms with Crippen molar-refractivity contribution in [3.05, 3.63) is 87.1 Å². The summed E-state index contributed by atoms with van der Waals surface area (Å²) in [5, 5.41) is 8.63. The summed E-state index contributed by atoms with van der Waals surface area (Å²) in [5.74, 6) is 0.148.